The number of nitrogens with zero attached hydrogens (tertiary/aromatic N) is 2. The molecular weight excluding hydrogens is 594 g/mol. The number of ether oxygens (including phenoxy) is 3. The van der Waals surface area contributed by atoms with E-state index in [1.165, 1.54) is 6.92 Å². The largest absolute Gasteiger partial charge is 0.459 e. The van der Waals surface area contributed by atoms with E-state index in [1.807, 2.05) is 18.2 Å². The van der Waals surface area contributed by atoms with Crippen molar-refractivity contribution in [2.24, 2.45) is 16.5 Å². The summed E-state index contributed by atoms with van der Waals surface area (Å²) in [5, 5.41) is 12.5. The number of amides is 3. The summed E-state index contributed by atoms with van der Waals surface area (Å²) in [5.41, 5.74) is 14.3. The van der Waals surface area contributed by atoms with Gasteiger partial charge in [0.25, 0.3) is 0 Å². The van der Waals surface area contributed by atoms with Crippen LogP contribution in [0.15, 0.2) is 96.0 Å². The first-order valence-electron chi connectivity index (χ1n) is 14.6. The molecule has 244 valence electrons. The summed E-state index contributed by atoms with van der Waals surface area (Å²) >= 11 is 0. The molecule has 46 heavy (non-hydrogen) atoms. The first kappa shape index (κ1) is 35.2. The van der Waals surface area contributed by atoms with E-state index in [9.17, 15) is 24.3 Å². The molecule has 3 rings (SSSR count). The second kappa shape index (κ2) is 18.5. The Bertz CT molecular complexity index is 1440. The second-order valence-corrected chi connectivity index (χ2v) is 10.3. The number of esters is 1. The topological polar surface area (TPSA) is 196 Å². The van der Waals surface area contributed by atoms with Crippen LogP contribution in [0.5, 0.6) is 0 Å². The summed E-state index contributed by atoms with van der Waals surface area (Å²) in [5.74, 6) is -2.01. The fraction of sp³-hybridized carbons (Fsp3) is 0.303. The molecule has 0 saturated heterocycles. The molecule has 1 unspecified atom stereocenters. The van der Waals surface area contributed by atoms with Crippen molar-refractivity contribution in [1.29, 1.82) is 0 Å². The third-order valence-corrected chi connectivity index (χ3v) is 6.60. The molecule has 0 bridgehead atoms. The molecule has 0 aliphatic heterocycles. The Balaban J connectivity index is 1.58. The molecular formula is C33H39N5O8. The van der Waals surface area contributed by atoms with Gasteiger partial charge in [-0.3, -0.25) is 4.79 Å². The molecule has 0 heterocycles. The van der Waals surface area contributed by atoms with E-state index in [2.05, 4.69) is 10.3 Å². The van der Waals surface area contributed by atoms with Crippen molar-refractivity contribution < 1.29 is 38.5 Å². The van der Waals surface area contributed by atoms with E-state index < -0.39 is 48.2 Å². The molecule has 0 fully saturated rings. The Kier molecular flexibility index (Phi) is 14.2. The van der Waals surface area contributed by atoms with Gasteiger partial charge in [0.2, 0.25) is 11.9 Å². The van der Waals surface area contributed by atoms with Gasteiger partial charge in [0, 0.05) is 6.54 Å². The fourth-order valence-corrected chi connectivity index (χ4v) is 4.06. The van der Waals surface area contributed by atoms with Crippen molar-refractivity contribution in [1.82, 2.24) is 10.2 Å². The van der Waals surface area contributed by atoms with Gasteiger partial charge in [0.1, 0.15) is 19.8 Å². The summed E-state index contributed by atoms with van der Waals surface area (Å²) in [6.45, 7) is 1.07. The van der Waals surface area contributed by atoms with Crippen LogP contribution >= 0.6 is 0 Å². The minimum atomic E-state index is -1.35. The fourth-order valence-electron chi connectivity index (χ4n) is 4.06. The number of guanidine groups is 1. The number of hydrogen-bond acceptors (Lipinski definition) is 9. The monoisotopic (exact) mass is 633 g/mol. The quantitative estimate of drug-likeness (QED) is 0.0887. The van der Waals surface area contributed by atoms with Crippen molar-refractivity contribution in [3.63, 3.8) is 0 Å². The van der Waals surface area contributed by atoms with Crippen LogP contribution in [0.1, 0.15) is 36.5 Å². The first-order chi connectivity index (χ1) is 22.1. The number of nitrogens with two attached hydrogens (primary N) is 2. The lowest BCUT2D eigenvalue weighted by Crippen LogP contribution is -2.53. The average Bonchev–Trinajstić information content (AvgIpc) is 3.07. The zero-order valence-corrected chi connectivity index (χ0v) is 25.5. The minimum Gasteiger partial charge on any atom is -0.459 e. The lowest BCUT2D eigenvalue weighted by molar-refractivity contribution is -0.152. The van der Waals surface area contributed by atoms with Gasteiger partial charge >= 0.3 is 18.2 Å². The molecule has 3 aromatic rings. The smallest absolute Gasteiger partial charge is 0.437 e. The van der Waals surface area contributed by atoms with Crippen LogP contribution in [-0.4, -0.2) is 64.8 Å². The number of hydrogen-bond donors (Lipinski definition) is 4. The van der Waals surface area contributed by atoms with E-state index in [0.717, 1.165) is 21.6 Å². The van der Waals surface area contributed by atoms with Gasteiger partial charge in [-0.25, -0.2) is 19.3 Å². The highest BCUT2D eigenvalue weighted by Gasteiger charge is 2.29. The summed E-state index contributed by atoms with van der Waals surface area (Å²) in [4.78, 5) is 55.4. The van der Waals surface area contributed by atoms with Crippen LogP contribution in [0, 0.1) is 0 Å². The number of carbonyl (C=O) groups is 4. The third kappa shape index (κ3) is 12.0. The Morgan fingerprint density at radius 1 is 0.804 bits per heavy atom. The number of aliphatic hydroxyl groups excluding tert-OH is 1. The Morgan fingerprint density at radius 2 is 1.28 bits per heavy atom. The Morgan fingerprint density at radius 3 is 1.78 bits per heavy atom. The molecule has 0 aromatic heterocycles. The molecule has 6 N–H and O–H groups in total. The van der Waals surface area contributed by atoms with Crippen LogP contribution in [-0.2, 0) is 43.6 Å². The molecule has 3 atom stereocenters. The van der Waals surface area contributed by atoms with Gasteiger partial charge < -0.3 is 36.1 Å². The van der Waals surface area contributed by atoms with Crippen LogP contribution < -0.4 is 16.8 Å². The van der Waals surface area contributed by atoms with Crippen molar-refractivity contribution in [3.8, 4) is 0 Å². The lowest BCUT2D eigenvalue weighted by atomic mass is 10.1. The van der Waals surface area contributed by atoms with E-state index in [1.54, 1.807) is 72.8 Å². The number of rotatable bonds is 14. The molecule has 3 amide bonds. The number of aliphatic hydroxyl groups is 1. The van der Waals surface area contributed by atoms with Gasteiger partial charge in [0.15, 0.2) is 6.04 Å². The van der Waals surface area contributed by atoms with Crippen LogP contribution in [0.25, 0.3) is 0 Å². The van der Waals surface area contributed by atoms with Gasteiger partial charge in [0.05, 0.1) is 12.1 Å². The Hall–Kier alpha value is -5.27. The van der Waals surface area contributed by atoms with Crippen LogP contribution in [0.3, 0.4) is 0 Å². The van der Waals surface area contributed by atoms with Crippen LogP contribution in [0.4, 0.5) is 9.59 Å². The maximum absolute atomic E-state index is 13.0. The molecule has 0 aliphatic rings. The van der Waals surface area contributed by atoms with Crippen molar-refractivity contribution in [2.75, 3.05) is 6.54 Å². The molecule has 0 radical (unpaired) electrons. The third-order valence-electron chi connectivity index (χ3n) is 6.60. The molecule has 3 aromatic carbocycles. The predicted octanol–water partition coefficient (Wildman–Crippen LogP) is 2.99. The Labute approximate surface area is 267 Å². The highest BCUT2D eigenvalue weighted by molar-refractivity contribution is 5.98. The van der Waals surface area contributed by atoms with E-state index >= 15 is 0 Å². The highest BCUT2D eigenvalue weighted by atomic mass is 16.6. The van der Waals surface area contributed by atoms with E-state index in [4.69, 9.17) is 25.7 Å². The summed E-state index contributed by atoms with van der Waals surface area (Å²) in [6, 6.07) is 24.3. The van der Waals surface area contributed by atoms with Gasteiger partial charge in [-0.1, -0.05) is 91.0 Å². The van der Waals surface area contributed by atoms with Crippen LogP contribution in [0.2, 0.25) is 0 Å². The molecule has 0 spiro atoms. The number of aliphatic imine (C=N–C) groups is 1. The zero-order chi connectivity index (χ0) is 33.3. The second-order valence-electron chi connectivity index (χ2n) is 10.3. The molecule has 0 aliphatic carbocycles. The minimum absolute atomic E-state index is 0.0334. The zero-order valence-electron chi connectivity index (χ0n) is 25.5. The summed E-state index contributed by atoms with van der Waals surface area (Å²) in [6.07, 6.45) is -2.99. The van der Waals surface area contributed by atoms with Crippen molar-refractivity contribution in [3.05, 3.63) is 108 Å². The normalized spacial score (nSPS) is 13.1. The van der Waals surface area contributed by atoms with Gasteiger partial charge in [-0.15, -0.1) is 4.99 Å². The predicted molar refractivity (Wildman–Crippen MR) is 169 cm³/mol. The summed E-state index contributed by atoms with van der Waals surface area (Å²) < 4.78 is 15.8. The van der Waals surface area contributed by atoms with Crippen molar-refractivity contribution in [2.45, 2.75) is 57.8 Å². The van der Waals surface area contributed by atoms with E-state index in [-0.39, 0.29) is 39.2 Å². The maximum Gasteiger partial charge on any atom is 0.437 e. The standard InChI is InChI=1S/C33H39N5O8/c1-23(39)28(30(41)44-20-24-12-5-2-6-13-24)36-29(40)27(34)18-11-19-38(33(43)46-22-26-16-9-4-10-17-26)31(35)37-32(42)45-21-25-14-7-3-8-15-25/h2-10,12-17,23,27-28,39H,11,18-22,34H2,1H3,(H,36,40)(H2,35,37,42)/t23?,27-,28-/m0/s1. The van der Waals surface area contributed by atoms with Crippen molar-refractivity contribution >= 4 is 30.0 Å². The lowest BCUT2D eigenvalue weighted by Gasteiger charge is -2.23. The molecule has 0 saturated carbocycles. The number of benzene rings is 3. The molecule has 13 heteroatoms. The number of nitrogens with one attached hydrogen (secondary N) is 1. The van der Waals surface area contributed by atoms with Gasteiger partial charge in [-0.2, -0.15) is 0 Å². The maximum atomic E-state index is 13.0. The number of carbonyl (C=O) groups excluding carboxylic acids is 4. The first-order valence-corrected chi connectivity index (χ1v) is 14.6. The van der Waals surface area contributed by atoms with E-state index in [0.29, 0.717) is 0 Å². The SMILES string of the molecule is CC(O)[C@H](NC(=O)[C@@H](N)CCCN(C(=O)OCc1ccccc1)/C(N)=N/C(=O)OCc1ccccc1)C(=O)OCc1ccccc1. The molecule has 13 nitrogen and oxygen atoms in total. The summed E-state index contributed by atoms with van der Waals surface area (Å²) in [7, 11) is 0. The van der Waals surface area contributed by atoms with Gasteiger partial charge in [-0.05, 0) is 36.5 Å². The average molecular weight is 634 g/mol. The highest BCUT2D eigenvalue weighted by Crippen LogP contribution is 2.09.